The summed E-state index contributed by atoms with van der Waals surface area (Å²) in [5, 5.41) is 17.8. The van der Waals surface area contributed by atoms with Crippen LogP contribution in [0.4, 0.5) is 0 Å². The van der Waals surface area contributed by atoms with Gasteiger partial charge in [0.05, 0.1) is 11.1 Å². The van der Waals surface area contributed by atoms with E-state index in [9.17, 15) is 0 Å². The molecule has 2 rings (SSSR count). The normalized spacial score (nSPS) is 12.3. The molecule has 0 unspecified atom stereocenters. The van der Waals surface area contributed by atoms with Crippen molar-refractivity contribution >= 4 is 11.6 Å². The second kappa shape index (κ2) is 8.70. The van der Waals surface area contributed by atoms with Crippen molar-refractivity contribution in [3.8, 4) is 5.75 Å². The molecule has 0 aliphatic heterocycles. The molecule has 1 aromatic heterocycles. The van der Waals surface area contributed by atoms with Crippen molar-refractivity contribution in [3.05, 3.63) is 34.6 Å². The number of aromatic nitrogens is 4. The maximum atomic E-state index is 6.26. The van der Waals surface area contributed by atoms with Crippen molar-refractivity contribution in [3.63, 3.8) is 0 Å². The van der Waals surface area contributed by atoms with Crippen LogP contribution in [-0.2, 0) is 13.0 Å². The number of hydrogen-bond acceptors (Lipinski definition) is 5. The van der Waals surface area contributed by atoms with Crippen molar-refractivity contribution in [2.45, 2.75) is 45.8 Å². The maximum Gasteiger partial charge on any atom is 0.174 e. The van der Waals surface area contributed by atoms with E-state index in [2.05, 4.69) is 32.9 Å². The average molecular weight is 324 g/mol. The van der Waals surface area contributed by atoms with Gasteiger partial charge in [-0.25, -0.2) is 0 Å². The van der Waals surface area contributed by atoms with Crippen LogP contribution in [0, 0.1) is 0 Å². The van der Waals surface area contributed by atoms with Crippen LogP contribution in [0.3, 0.4) is 0 Å². The van der Waals surface area contributed by atoms with Crippen molar-refractivity contribution in [1.29, 1.82) is 0 Å². The molecule has 120 valence electrons. The number of aryl methyl sites for hydroxylation is 1. The third-order valence-corrected chi connectivity index (χ3v) is 3.67. The minimum absolute atomic E-state index is 0.173. The molecule has 0 fully saturated rings. The molecule has 0 aliphatic rings. The zero-order valence-electron chi connectivity index (χ0n) is 13.0. The van der Waals surface area contributed by atoms with Crippen molar-refractivity contribution in [1.82, 2.24) is 25.9 Å². The average Bonchev–Trinajstić information content (AvgIpc) is 3.02. The van der Waals surface area contributed by atoms with Crippen LogP contribution in [-0.4, -0.2) is 33.3 Å². The summed E-state index contributed by atoms with van der Waals surface area (Å²) in [4.78, 5) is 0. The molecule has 0 aliphatic carbocycles. The molecule has 0 saturated heterocycles. The quantitative estimate of drug-likeness (QED) is 0.694. The van der Waals surface area contributed by atoms with Gasteiger partial charge in [-0.15, -0.1) is 10.2 Å². The molecule has 1 aromatic carbocycles. The Morgan fingerprint density at radius 3 is 2.95 bits per heavy atom. The summed E-state index contributed by atoms with van der Waals surface area (Å²) in [5.41, 5.74) is 1.14. The SMILES string of the molecule is CC[C@H](C)Oc1ccc(CNCCCc2nn[nH]n2)cc1Cl. The summed E-state index contributed by atoms with van der Waals surface area (Å²) in [7, 11) is 0. The second-order valence-electron chi connectivity index (χ2n) is 5.21. The molecule has 22 heavy (non-hydrogen) atoms. The molecule has 0 radical (unpaired) electrons. The topological polar surface area (TPSA) is 75.7 Å². The van der Waals surface area contributed by atoms with Crippen LogP contribution in [0.15, 0.2) is 18.2 Å². The molecule has 0 spiro atoms. The molecule has 1 atom stereocenters. The Kier molecular flexibility index (Phi) is 6.61. The molecule has 0 bridgehead atoms. The predicted octanol–water partition coefficient (Wildman–Crippen LogP) is 2.75. The van der Waals surface area contributed by atoms with Gasteiger partial charge in [0.15, 0.2) is 5.82 Å². The second-order valence-corrected chi connectivity index (χ2v) is 5.62. The predicted molar refractivity (Wildman–Crippen MR) is 86.0 cm³/mol. The Hall–Kier alpha value is -1.66. The molecule has 1 heterocycles. The number of tetrazole rings is 1. The minimum Gasteiger partial charge on any atom is -0.489 e. The third-order valence-electron chi connectivity index (χ3n) is 3.37. The minimum atomic E-state index is 0.173. The Labute approximate surface area is 135 Å². The van der Waals surface area contributed by atoms with E-state index in [0.29, 0.717) is 5.02 Å². The van der Waals surface area contributed by atoms with Crippen LogP contribution in [0.5, 0.6) is 5.75 Å². The standard InChI is InChI=1S/C15H22ClN5O/c1-3-11(2)22-14-7-6-12(9-13(14)16)10-17-8-4-5-15-18-20-21-19-15/h6-7,9,11,17H,3-5,8,10H2,1-2H3,(H,18,19,20,21)/t11-/m0/s1. The summed E-state index contributed by atoms with van der Waals surface area (Å²) < 4.78 is 5.76. The highest BCUT2D eigenvalue weighted by atomic mass is 35.5. The summed E-state index contributed by atoms with van der Waals surface area (Å²) in [6.45, 7) is 5.79. The molecular formula is C15H22ClN5O. The van der Waals surface area contributed by atoms with Gasteiger partial charge in [-0.05, 0) is 44.0 Å². The lowest BCUT2D eigenvalue weighted by Gasteiger charge is -2.14. The number of H-pyrrole nitrogens is 1. The summed E-state index contributed by atoms with van der Waals surface area (Å²) >= 11 is 6.26. The summed E-state index contributed by atoms with van der Waals surface area (Å²) in [6, 6.07) is 5.92. The van der Waals surface area contributed by atoms with E-state index in [0.717, 1.165) is 49.5 Å². The highest BCUT2D eigenvalue weighted by molar-refractivity contribution is 6.32. The monoisotopic (exact) mass is 323 g/mol. The number of nitrogens with zero attached hydrogens (tertiary/aromatic N) is 3. The van der Waals surface area contributed by atoms with Crippen LogP contribution >= 0.6 is 11.6 Å². The Morgan fingerprint density at radius 2 is 2.27 bits per heavy atom. The third kappa shape index (κ3) is 5.27. The molecule has 2 N–H and O–H groups in total. The number of rotatable bonds is 9. The van der Waals surface area contributed by atoms with Gasteiger partial charge >= 0.3 is 0 Å². The number of hydrogen-bond donors (Lipinski definition) is 2. The molecule has 6 nitrogen and oxygen atoms in total. The van der Waals surface area contributed by atoms with E-state index >= 15 is 0 Å². The first-order chi connectivity index (χ1) is 10.7. The Balaban J connectivity index is 1.72. The lowest BCUT2D eigenvalue weighted by Crippen LogP contribution is -2.15. The summed E-state index contributed by atoms with van der Waals surface area (Å²) in [5.74, 6) is 1.49. The number of nitrogens with one attached hydrogen (secondary N) is 2. The fourth-order valence-corrected chi connectivity index (χ4v) is 2.19. The Morgan fingerprint density at radius 1 is 1.41 bits per heavy atom. The van der Waals surface area contributed by atoms with Gasteiger partial charge in [-0.3, -0.25) is 0 Å². The van der Waals surface area contributed by atoms with E-state index < -0.39 is 0 Å². The Bertz CT molecular complexity index is 561. The molecule has 0 amide bonds. The molecule has 2 aromatic rings. The van der Waals surface area contributed by atoms with Gasteiger partial charge in [-0.1, -0.05) is 29.8 Å². The van der Waals surface area contributed by atoms with Crippen molar-refractivity contribution < 1.29 is 4.74 Å². The van der Waals surface area contributed by atoms with E-state index in [1.165, 1.54) is 0 Å². The maximum absolute atomic E-state index is 6.26. The molecule has 7 heteroatoms. The largest absolute Gasteiger partial charge is 0.489 e. The van der Waals surface area contributed by atoms with Crippen molar-refractivity contribution in [2.75, 3.05) is 6.54 Å². The lowest BCUT2D eigenvalue weighted by molar-refractivity contribution is 0.217. The number of benzene rings is 1. The zero-order chi connectivity index (χ0) is 15.8. The fourth-order valence-electron chi connectivity index (χ4n) is 1.94. The smallest absolute Gasteiger partial charge is 0.174 e. The highest BCUT2D eigenvalue weighted by Crippen LogP contribution is 2.26. The fraction of sp³-hybridized carbons (Fsp3) is 0.533. The van der Waals surface area contributed by atoms with Crippen LogP contribution in [0.1, 0.15) is 38.1 Å². The number of ether oxygens (including phenoxy) is 1. The highest BCUT2D eigenvalue weighted by Gasteiger charge is 2.06. The van der Waals surface area contributed by atoms with E-state index in [4.69, 9.17) is 16.3 Å². The zero-order valence-corrected chi connectivity index (χ0v) is 13.7. The van der Waals surface area contributed by atoms with Gasteiger partial charge in [0, 0.05) is 13.0 Å². The van der Waals surface area contributed by atoms with Gasteiger partial charge in [-0.2, -0.15) is 5.21 Å². The van der Waals surface area contributed by atoms with E-state index in [1.54, 1.807) is 0 Å². The summed E-state index contributed by atoms with van der Waals surface area (Å²) in [6.07, 6.45) is 2.90. The van der Waals surface area contributed by atoms with Gasteiger partial charge in [0.2, 0.25) is 0 Å². The van der Waals surface area contributed by atoms with Crippen LogP contribution in [0.25, 0.3) is 0 Å². The number of aromatic amines is 1. The first-order valence-corrected chi connectivity index (χ1v) is 7.95. The molecular weight excluding hydrogens is 302 g/mol. The first-order valence-electron chi connectivity index (χ1n) is 7.57. The number of halogens is 1. The van der Waals surface area contributed by atoms with Gasteiger partial charge in [0.1, 0.15) is 5.75 Å². The lowest BCUT2D eigenvalue weighted by atomic mass is 10.2. The first kappa shape index (κ1) is 16.7. The molecule has 0 saturated carbocycles. The van der Waals surface area contributed by atoms with Gasteiger partial charge < -0.3 is 10.1 Å². The van der Waals surface area contributed by atoms with E-state index in [1.807, 2.05) is 25.1 Å². The van der Waals surface area contributed by atoms with Crippen molar-refractivity contribution in [2.24, 2.45) is 0 Å². The van der Waals surface area contributed by atoms with Crippen LogP contribution < -0.4 is 10.1 Å². The van der Waals surface area contributed by atoms with Gasteiger partial charge in [0.25, 0.3) is 0 Å². The van der Waals surface area contributed by atoms with Crippen LogP contribution in [0.2, 0.25) is 5.02 Å². The van der Waals surface area contributed by atoms with E-state index in [-0.39, 0.29) is 6.10 Å².